The van der Waals surface area contributed by atoms with E-state index < -0.39 is 5.97 Å². The molecular formula is C16H26N2O2. The molecule has 0 aliphatic carbocycles. The maximum atomic E-state index is 11.6. The second-order valence-electron chi connectivity index (χ2n) is 5.35. The van der Waals surface area contributed by atoms with Crippen LogP contribution in [0.1, 0.15) is 61.8 Å². The number of pyridine rings is 1. The summed E-state index contributed by atoms with van der Waals surface area (Å²) in [7, 11) is 0. The molecule has 0 saturated carbocycles. The Balaban J connectivity index is 3.33. The van der Waals surface area contributed by atoms with Gasteiger partial charge in [-0.1, -0.05) is 20.3 Å². The first-order valence-electron chi connectivity index (χ1n) is 7.40. The molecule has 0 amide bonds. The molecule has 1 heterocycles. The Hall–Kier alpha value is -1.58. The van der Waals surface area contributed by atoms with Crippen LogP contribution in [0.2, 0.25) is 0 Å². The van der Waals surface area contributed by atoms with Crippen LogP contribution in [0, 0.1) is 13.8 Å². The minimum absolute atomic E-state index is 0.320. The zero-order chi connectivity index (χ0) is 15.3. The number of anilines is 1. The predicted octanol–water partition coefficient (Wildman–Crippen LogP) is 3.80. The highest BCUT2D eigenvalue weighted by molar-refractivity contribution is 5.95. The third-order valence-electron chi connectivity index (χ3n) is 3.71. The van der Waals surface area contributed by atoms with E-state index in [1.165, 1.54) is 0 Å². The number of unbranched alkanes of at least 4 members (excludes halogenated alkanes) is 1. The zero-order valence-electron chi connectivity index (χ0n) is 13.2. The lowest BCUT2D eigenvalue weighted by molar-refractivity contribution is 0.0696. The van der Waals surface area contributed by atoms with Crippen molar-refractivity contribution >= 4 is 11.7 Å². The van der Waals surface area contributed by atoms with Gasteiger partial charge in [0.1, 0.15) is 5.56 Å². The van der Waals surface area contributed by atoms with Crippen LogP contribution in [0.4, 0.5) is 5.69 Å². The van der Waals surface area contributed by atoms with Gasteiger partial charge in [-0.3, -0.25) is 4.98 Å². The molecule has 1 N–H and O–H groups in total. The van der Waals surface area contributed by atoms with Gasteiger partial charge in [-0.25, -0.2) is 4.79 Å². The second-order valence-corrected chi connectivity index (χ2v) is 5.35. The zero-order valence-corrected chi connectivity index (χ0v) is 13.2. The van der Waals surface area contributed by atoms with Gasteiger partial charge >= 0.3 is 5.97 Å². The molecule has 0 radical (unpaired) electrons. The molecule has 0 spiro atoms. The summed E-state index contributed by atoms with van der Waals surface area (Å²) in [4.78, 5) is 18.1. The molecule has 0 aromatic carbocycles. The van der Waals surface area contributed by atoms with E-state index in [2.05, 4.69) is 30.7 Å². The van der Waals surface area contributed by atoms with Crippen molar-refractivity contribution in [3.63, 3.8) is 0 Å². The fourth-order valence-corrected chi connectivity index (χ4v) is 2.43. The molecule has 112 valence electrons. The monoisotopic (exact) mass is 278 g/mol. The van der Waals surface area contributed by atoms with Crippen molar-refractivity contribution < 1.29 is 9.90 Å². The van der Waals surface area contributed by atoms with Crippen LogP contribution in [0.25, 0.3) is 0 Å². The summed E-state index contributed by atoms with van der Waals surface area (Å²) in [5.41, 5.74) is 2.61. The predicted molar refractivity (Wildman–Crippen MR) is 82.7 cm³/mol. The lowest BCUT2D eigenvalue weighted by Crippen LogP contribution is -2.35. The van der Waals surface area contributed by atoms with Gasteiger partial charge in [-0.05, 0) is 39.7 Å². The Bertz CT molecular complexity index is 472. The van der Waals surface area contributed by atoms with Crippen molar-refractivity contribution in [2.45, 2.75) is 59.9 Å². The van der Waals surface area contributed by atoms with Crippen LogP contribution < -0.4 is 4.90 Å². The molecule has 1 aromatic rings. The fourth-order valence-electron chi connectivity index (χ4n) is 2.43. The van der Waals surface area contributed by atoms with Crippen LogP contribution in [0.15, 0.2) is 6.07 Å². The third-order valence-corrected chi connectivity index (χ3v) is 3.71. The van der Waals surface area contributed by atoms with E-state index in [9.17, 15) is 9.90 Å². The third kappa shape index (κ3) is 3.71. The van der Waals surface area contributed by atoms with Gasteiger partial charge in [0.15, 0.2) is 0 Å². The molecule has 4 heteroatoms. The van der Waals surface area contributed by atoms with Crippen molar-refractivity contribution in [2.75, 3.05) is 11.4 Å². The molecule has 20 heavy (non-hydrogen) atoms. The molecule has 4 nitrogen and oxygen atoms in total. The lowest BCUT2D eigenvalue weighted by atomic mass is 10.1. The molecule has 0 saturated heterocycles. The Morgan fingerprint density at radius 2 is 2.05 bits per heavy atom. The van der Waals surface area contributed by atoms with E-state index >= 15 is 0 Å². The molecule has 1 rings (SSSR count). The minimum Gasteiger partial charge on any atom is -0.478 e. The van der Waals surface area contributed by atoms with E-state index in [0.29, 0.717) is 17.3 Å². The first-order chi connectivity index (χ1) is 9.42. The Morgan fingerprint density at radius 3 is 2.55 bits per heavy atom. The number of nitrogens with zero attached hydrogens (tertiary/aromatic N) is 2. The highest BCUT2D eigenvalue weighted by Gasteiger charge is 2.22. The number of aromatic nitrogens is 1. The largest absolute Gasteiger partial charge is 0.478 e. The first-order valence-corrected chi connectivity index (χ1v) is 7.40. The molecule has 0 fully saturated rings. The van der Waals surface area contributed by atoms with Gasteiger partial charge in [-0.15, -0.1) is 0 Å². The standard InChI is InChI=1S/C16H26N2O2/c1-6-8-9-18(12(4)7-2)14-10-11(3)17-13(5)15(14)16(19)20/h10,12H,6-9H2,1-5H3,(H,19,20). The van der Waals surface area contributed by atoms with Crippen LogP contribution in [-0.2, 0) is 0 Å². The molecule has 0 aliphatic heterocycles. The van der Waals surface area contributed by atoms with Crippen LogP contribution >= 0.6 is 0 Å². The van der Waals surface area contributed by atoms with Crippen molar-refractivity contribution in [3.05, 3.63) is 23.0 Å². The van der Waals surface area contributed by atoms with Gasteiger partial charge in [0.2, 0.25) is 0 Å². The number of hydrogen-bond donors (Lipinski definition) is 1. The normalized spacial score (nSPS) is 12.2. The van der Waals surface area contributed by atoms with Gasteiger partial charge in [0.25, 0.3) is 0 Å². The average Bonchev–Trinajstić information content (AvgIpc) is 2.37. The highest BCUT2D eigenvalue weighted by Crippen LogP contribution is 2.27. The van der Waals surface area contributed by atoms with Crippen LogP contribution in [0.3, 0.4) is 0 Å². The lowest BCUT2D eigenvalue weighted by Gasteiger charge is -2.32. The van der Waals surface area contributed by atoms with E-state index in [4.69, 9.17) is 0 Å². The molecule has 1 unspecified atom stereocenters. The molecular weight excluding hydrogens is 252 g/mol. The van der Waals surface area contributed by atoms with Crippen LogP contribution in [-0.4, -0.2) is 28.6 Å². The Labute approximate surface area is 121 Å². The van der Waals surface area contributed by atoms with E-state index in [0.717, 1.165) is 37.2 Å². The Kier molecular flexibility index (Phi) is 5.99. The number of carboxylic acid groups (broad SMARTS) is 1. The minimum atomic E-state index is -0.894. The summed E-state index contributed by atoms with van der Waals surface area (Å²) in [6.45, 7) is 11.0. The summed E-state index contributed by atoms with van der Waals surface area (Å²) < 4.78 is 0. The maximum Gasteiger partial charge on any atom is 0.339 e. The average molecular weight is 278 g/mol. The van der Waals surface area contributed by atoms with Gasteiger partial charge in [0.05, 0.1) is 11.4 Å². The molecule has 1 aromatic heterocycles. The number of carbonyl (C=O) groups is 1. The smallest absolute Gasteiger partial charge is 0.339 e. The van der Waals surface area contributed by atoms with E-state index in [1.807, 2.05) is 13.0 Å². The topological polar surface area (TPSA) is 53.4 Å². The van der Waals surface area contributed by atoms with Crippen molar-refractivity contribution in [3.8, 4) is 0 Å². The number of carboxylic acids is 1. The van der Waals surface area contributed by atoms with Gasteiger partial charge < -0.3 is 10.0 Å². The Morgan fingerprint density at radius 1 is 1.40 bits per heavy atom. The van der Waals surface area contributed by atoms with Crippen molar-refractivity contribution in [1.82, 2.24) is 4.98 Å². The summed E-state index contributed by atoms with van der Waals surface area (Å²) in [5, 5.41) is 9.50. The molecule has 0 aliphatic rings. The number of hydrogen-bond acceptors (Lipinski definition) is 3. The fraction of sp³-hybridized carbons (Fsp3) is 0.625. The highest BCUT2D eigenvalue weighted by atomic mass is 16.4. The van der Waals surface area contributed by atoms with E-state index in [1.54, 1.807) is 6.92 Å². The molecule has 1 atom stereocenters. The summed E-state index contributed by atoms with van der Waals surface area (Å²) in [5.74, 6) is -0.894. The molecule has 0 bridgehead atoms. The SMILES string of the molecule is CCCCN(c1cc(C)nc(C)c1C(=O)O)C(C)CC. The van der Waals surface area contributed by atoms with Gasteiger partial charge in [0, 0.05) is 18.3 Å². The second kappa shape index (κ2) is 7.27. The first kappa shape index (κ1) is 16.5. The maximum absolute atomic E-state index is 11.6. The summed E-state index contributed by atoms with van der Waals surface area (Å²) in [6, 6.07) is 2.22. The number of aryl methyl sites for hydroxylation is 2. The summed E-state index contributed by atoms with van der Waals surface area (Å²) in [6.07, 6.45) is 3.14. The summed E-state index contributed by atoms with van der Waals surface area (Å²) >= 11 is 0. The van der Waals surface area contributed by atoms with Crippen molar-refractivity contribution in [2.24, 2.45) is 0 Å². The number of aromatic carboxylic acids is 1. The van der Waals surface area contributed by atoms with Gasteiger partial charge in [-0.2, -0.15) is 0 Å². The van der Waals surface area contributed by atoms with Crippen molar-refractivity contribution in [1.29, 1.82) is 0 Å². The van der Waals surface area contributed by atoms with E-state index in [-0.39, 0.29) is 0 Å². The number of rotatable bonds is 7. The van der Waals surface area contributed by atoms with Crippen LogP contribution in [0.5, 0.6) is 0 Å². The quantitative estimate of drug-likeness (QED) is 0.824.